The van der Waals surface area contributed by atoms with Crippen LogP contribution in [0.2, 0.25) is 0 Å². The van der Waals surface area contributed by atoms with Gasteiger partial charge in [0.25, 0.3) is 6.71 Å². The highest BCUT2D eigenvalue weighted by molar-refractivity contribution is 6.98. The molecule has 0 saturated heterocycles. The smallest absolute Gasteiger partial charge is 0.260 e. The Hall–Kier alpha value is -8.94. The Morgan fingerprint density at radius 1 is 0.358 bits per heavy atom. The van der Waals surface area contributed by atoms with Crippen molar-refractivity contribution in [1.29, 1.82) is 0 Å². The molecule has 0 unspecified atom stereocenters. The van der Waals surface area contributed by atoms with E-state index in [2.05, 4.69) is 214 Å². The number of hydrogen-bond donors (Lipinski definition) is 0. The fourth-order valence-corrected chi connectivity index (χ4v) is 11.9. The summed E-state index contributed by atoms with van der Waals surface area (Å²) in [6.45, 7) is -0.158. The molecule has 4 aromatic heterocycles. The predicted octanol–water partition coefficient (Wildman–Crippen LogP) is 13.6. The number of para-hydroxylation sites is 7. The second-order valence-electron chi connectivity index (χ2n) is 17.9. The molecule has 67 heavy (non-hydrogen) atoms. The van der Waals surface area contributed by atoms with Crippen LogP contribution in [0.5, 0.6) is 23.0 Å². The van der Waals surface area contributed by atoms with Crippen LogP contribution in [0.3, 0.4) is 0 Å². The molecule has 0 N–H and O–H groups in total. The van der Waals surface area contributed by atoms with Crippen LogP contribution >= 0.6 is 0 Å². The molecule has 7 heteroatoms. The van der Waals surface area contributed by atoms with Gasteiger partial charge in [-0.05, 0) is 83.7 Å². The molecular formula is C60H34BN3O3. The molecule has 0 atom stereocenters. The monoisotopic (exact) mass is 855 g/mol. The van der Waals surface area contributed by atoms with Crippen LogP contribution in [0, 0.1) is 0 Å². The molecule has 2 aliphatic heterocycles. The number of fused-ring (bicyclic) bond motifs is 18. The zero-order chi connectivity index (χ0) is 43.5. The highest BCUT2D eigenvalue weighted by atomic mass is 16.5. The van der Waals surface area contributed by atoms with E-state index in [9.17, 15) is 0 Å². The number of ether oxygens (including phenoxy) is 2. The summed E-state index contributed by atoms with van der Waals surface area (Å²) in [6, 6.07) is 73.7. The number of nitrogens with zero attached hydrogens (tertiary/aromatic N) is 3. The summed E-state index contributed by atoms with van der Waals surface area (Å²) in [7, 11) is 0. The first-order valence-corrected chi connectivity index (χ1v) is 22.9. The third-order valence-corrected chi connectivity index (χ3v) is 14.5. The van der Waals surface area contributed by atoms with E-state index < -0.39 is 0 Å². The van der Waals surface area contributed by atoms with E-state index in [-0.39, 0.29) is 6.71 Å². The lowest BCUT2D eigenvalue weighted by molar-refractivity contribution is 0.462. The summed E-state index contributed by atoms with van der Waals surface area (Å²) in [5.41, 5.74) is 14.5. The molecule has 0 saturated carbocycles. The van der Waals surface area contributed by atoms with E-state index in [1.807, 2.05) is 6.07 Å². The van der Waals surface area contributed by atoms with Crippen molar-refractivity contribution in [1.82, 2.24) is 13.7 Å². The molecule has 0 bridgehead atoms. The fourth-order valence-electron chi connectivity index (χ4n) is 11.9. The molecule has 0 fully saturated rings. The van der Waals surface area contributed by atoms with Gasteiger partial charge >= 0.3 is 0 Å². The summed E-state index contributed by atoms with van der Waals surface area (Å²) in [5, 5.41) is 9.14. The number of benzene rings is 10. The van der Waals surface area contributed by atoms with Gasteiger partial charge in [0.2, 0.25) is 0 Å². The van der Waals surface area contributed by atoms with Gasteiger partial charge in [-0.1, -0.05) is 133 Å². The summed E-state index contributed by atoms with van der Waals surface area (Å²) in [4.78, 5) is 0. The van der Waals surface area contributed by atoms with E-state index in [0.717, 1.165) is 117 Å². The molecule has 0 amide bonds. The van der Waals surface area contributed by atoms with Crippen molar-refractivity contribution in [2.24, 2.45) is 0 Å². The van der Waals surface area contributed by atoms with Gasteiger partial charge in [-0.3, -0.25) is 0 Å². The molecule has 310 valence electrons. The van der Waals surface area contributed by atoms with E-state index in [1.165, 1.54) is 27.2 Å². The van der Waals surface area contributed by atoms with Crippen LogP contribution in [0.15, 0.2) is 211 Å². The van der Waals surface area contributed by atoms with Gasteiger partial charge in [0, 0.05) is 48.9 Å². The van der Waals surface area contributed by atoms with Crippen molar-refractivity contribution in [3.05, 3.63) is 206 Å². The van der Waals surface area contributed by atoms with Crippen LogP contribution in [-0.4, -0.2) is 20.4 Å². The lowest BCUT2D eigenvalue weighted by atomic mass is 9.34. The lowest BCUT2D eigenvalue weighted by Gasteiger charge is -2.35. The Bertz CT molecular complexity index is 4470. The Morgan fingerprint density at radius 2 is 0.866 bits per heavy atom. The van der Waals surface area contributed by atoms with Crippen LogP contribution in [-0.2, 0) is 0 Å². The quantitative estimate of drug-likeness (QED) is 0.166. The van der Waals surface area contributed by atoms with Crippen LogP contribution < -0.4 is 25.9 Å². The van der Waals surface area contributed by atoms with Crippen molar-refractivity contribution in [2.45, 2.75) is 0 Å². The molecule has 14 aromatic rings. The molecule has 0 radical (unpaired) electrons. The van der Waals surface area contributed by atoms with Gasteiger partial charge in [0.15, 0.2) is 11.5 Å². The average Bonchev–Trinajstić information content (AvgIpc) is 4.13. The van der Waals surface area contributed by atoms with E-state index in [4.69, 9.17) is 13.9 Å². The molecule has 0 aliphatic carbocycles. The summed E-state index contributed by atoms with van der Waals surface area (Å²) < 4.78 is 28.7. The van der Waals surface area contributed by atoms with E-state index in [1.54, 1.807) is 0 Å². The number of hydrogen-bond acceptors (Lipinski definition) is 3. The molecule has 2 aliphatic rings. The zero-order valence-corrected chi connectivity index (χ0v) is 35.8. The third kappa shape index (κ3) is 4.55. The van der Waals surface area contributed by atoms with E-state index in [0.29, 0.717) is 0 Å². The second-order valence-corrected chi connectivity index (χ2v) is 17.9. The minimum absolute atomic E-state index is 0.158. The van der Waals surface area contributed by atoms with Crippen molar-refractivity contribution < 1.29 is 13.9 Å². The maximum Gasteiger partial charge on any atom is 0.260 e. The van der Waals surface area contributed by atoms with Crippen LogP contribution in [0.4, 0.5) is 0 Å². The average molecular weight is 856 g/mol. The van der Waals surface area contributed by atoms with Gasteiger partial charge in [-0.15, -0.1) is 0 Å². The minimum atomic E-state index is -0.158. The van der Waals surface area contributed by atoms with Crippen molar-refractivity contribution in [3.8, 4) is 40.1 Å². The number of furan rings is 1. The third-order valence-electron chi connectivity index (χ3n) is 14.5. The molecule has 10 aromatic carbocycles. The second kappa shape index (κ2) is 12.9. The van der Waals surface area contributed by atoms with Gasteiger partial charge in [0.1, 0.15) is 22.7 Å². The summed E-state index contributed by atoms with van der Waals surface area (Å²) in [5.74, 6) is 3.23. The van der Waals surface area contributed by atoms with Crippen LogP contribution in [0.25, 0.3) is 104 Å². The topological polar surface area (TPSA) is 46.4 Å². The van der Waals surface area contributed by atoms with E-state index >= 15 is 0 Å². The first-order chi connectivity index (χ1) is 33.3. The van der Waals surface area contributed by atoms with Gasteiger partial charge in [-0.25, -0.2) is 0 Å². The number of aromatic nitrogens is 3. The first-order valence-electron chi connectivity index (χ1n) is 22.9. The van der Waals surface area contributed by atoms with Gasteiger partial charge < -0.3 is 27.6 Å². The first kappa shape index (κ1) is 35.4. The molecule has 6 heterocycles. The molecule has 6 nitrogen and oxygen atoms in total. The predicted molar refractivity (Wildman–Crippen MR) is 274 cm³/mol. The van der Waals surface area contributed by atoms with Crippen molar-refractivity contribution in [2.75, 3.05) is 0 Å². The molecule has 0 spiro atoms. The van der Waals surface area contributed by atoms with Gasteiger partial charge in [-0.2, -0.15) is 0 Å². The maximum atomic E-state index is 7.33. The van der Waals surface area contributed by atoms with Crippen molar-refractivity contribution in [3.63, 3.8) is 0 Å². The Morgan fingerprint density at radius 3 is 1.54 bits per heavy atom. The highest BCUT2D eigenvalue weighted by Gasteiger charge is 2.43. The Balaban J connectivity index is 1.09. The fraction of sp³-hybridized carbons (Fsp3) is 0. The normalized spacial score (nSPS) is 13.0. The zero-order valence-electron chi connectivity index (χ0n) is 35.8. The summed E-state index contributed by atoms with van der Waals surface area (Å²) in [6.07, 6.45) is 0. The maximum absolute atomic E-state index is 7.33. The number of rotatable bonds is 3. The lowest BCUT2D eigenvalue weighted by Crippen LogP contribution is -2.57. The highest BCUT2D eigenvalue weighted by Crippen LogP contribution is 2.49. The van der Waals surface area contributed by atoms with Gasteiger partial charge in [0.05, 0.1) is 49.9 Å². The van der Waals surface area contributed by atoms with Crippen LogP contribution in [0.1, 0.15) is 0 Å². The van der Waals surface area contributed by atoms with Crippen molar-refractivity contribution >= 4 is 110 Å². The SMILES string of the molecule is c1ccc(-n2c3ccccc3c3ccc4c(c5ccccc5n4-c4cc(-n5c6ccccc6c6c7oc8ccccc8c7ccc65)c5c6c4Oc4ccccc4B6c4ccccc4O5)c32)cc1. The standard InChI is InChI=1S/C60H34BN3O3/c1-2-16-35(17-3-1)62-44-24-10-4-18-36(44)38-30-32-47-54(57(38)62)40-20-5-11-25-45(40)63(47)49-34-50(60-56-59(49)66-52-28-14-8-22-42(52)61(56)43-23-9-15-29-53(43)67-60)64-46-26-12-6-21-41(46)55-48(64)33-31-39-37-19-7-13-27-51(37)65-58(39)55/h1-34H. The molecule has 16 rings (SSSR count). The minimum Gasteiger partial charge on any atom is -0.456 e. The largest absolute Gasteiger partial charge is 0.456 e. The Kier molecular flexibility index (Phi) is 6.80. The molecular weight excluding hydrogens is 821 g/mol. The summed E-state index contributed by atoms with van der Waals surface area (Å²) >= 11 is 0. The Labute approximate surface area is 382 Å².